The molecule has 3 aromatic rings. The smallest absolute Gasteiger partial charge is 0.329 e. The van der Waals surface area contributed by atoms with Crippen molar-refractivity contribution in [3.8, 4) is 11.4 Å². The molecule has 1 heterocycles. The summed E-state index contributed by atoms with van der Waals surface area (Å²) < 4.78 is 41.8. The van der Waals surface area contributed by atoms with Crippen LogP contribution in [0.5, 0.6) is 0 Å². The molecule has 1 radical (unpaired) electrons. The number of hydrogen-bond donors (Lipinski definition) is 0. The predicted octanol–water partition coefficient (Wildman–Crippen LogP) is 6.01. The molecule has 0 saturated carbocycles. The molecule has 123 valence electrons. The summed E-state index contributed by atoms with van der Waals surface area (Å²) in [5, 5.41) is 4.28. The van der Waals surface area contributed by atoms with Crippen LogP contribution in [-0.4, -0.2) is 10.1 Å². The second kappa shape index (κ2) is 6.66. The van der Waals surface area contributed by atoms with Crippen LogP contribution in [0.15, 0.2) is 50.7 Å². The SMILES string of the molecule is FC(F)(F)c1nc(-c2cc[c]c(Sc3c(Cl)cccc3Cl)c2)no1. The molecular formula is C15H6Cl2F3N2OS. The summed E-state index contributed by atoms with van der Waals surface area (Å²) in [7, 11) is 0. The van der Waals surface area contributed by atoms with Crippen LogP contribution in [0.25, 0.3) is 11.4 Å². The van der Waals surface area contributed by atoms with Crippen molar-refractivity contribution in [3.63, 3.8) is 0 Å². The molecule has 0 amide bonds. The van der Waals surface area contributed by atoms with E-state index in [1.54, 1.807) is 30.3 Å². The molecule has 1 aromatic heterocycles. The number of aromatic nitrogens is 2. The first-order valence-corrected chi connectivity index (χ1v) is 7.97. The first kappa shape index (κ1) is 17.1. The third kappa shape index (κ3) is 3.68. The fourth-order valence-corrected chi connectivity index (χ4v) is 3.28. The average Bonchev–Trinajstić information content (AvgIpc) is 3.02. The van der Waals surface area contributed by atoms with Gasteiger partial charge in [-0.15, -0.1) is 0 Å². The average molecular weight is 390 g/mol. The molecule has 24 heavy (non-hydrogen) atoms. The minimum Gasteiger partial charge on any atom is -0.329 e. The van der Waals surface area contributed by atoms with Gasteiger partial charge in [0.2, 0.25) is 5.82 Å². The molecule has 0 atom stereocenters. The molecule has 3 rings (SSSR count). The van der Waals surface area contributed by atoms with Gasteiger partial charge in [0.15, 0.2) is 0 Å². The lowest BCUT2D eigenvalue weighted by molar-refractivity contribution is -0.159. The van der Waals surface area contributed by atoms with Gasteiger partial charge >= 0.3 is 12.1 Å². The number of rotatable bonds is 3. The summed E-state index contributed by atoms with van der Waals surface area (Å²) >= 11 is 13.4. The second-order valence-corrected chi connectivity index (χ2v) is 6.38. The molecule has 0 unspecified atom stereocenters. The number of nitrogens with zero attached hydrogens (tertiary/aromatic N) is 2. The number of hydrogen-bond acceptors (Lipinski definition) is 4. The van der Waals surface area contributed by atoms with E-state index in [2.05, 4.69) is 20.7 Å². The Kier molecular flexibility index (Phi) is 4.76. The van der Waals surface area contributed by atoms with E-state index in [4.69, 9.17) is 23.2 Å². The first-order valence-electron chi connectivity index (χ1n) is 6.39. The van der Waals surface area contributed by atoms with Crippen LogP contribution in [0.1, 0.15) is 5.89 Å². The van der Waals surface area contributed by atoms with Crippen LogP contribution in [0.4, 0.5) is 13.2 Å². The van der Waals surface area contributed by atoms with E-state index in [-0.39, 0.29) is 5.82 Å². The molecular weight excluding hydrogens is 384 g/mol. The molecule has 0 aliphatic rings. The lowest BCUT2D eigenvalue weighted by Gasteiger charge is -2.06. The van der Waals surface area contributed by atoms with E-state index in [9.17, 15) is 13.2 Å². The van der Waals surface area contributed by atoms with Gasteiger partial charge in [0.25, 0.3) is 0 Å². The van der Waals surface area contributed by atoms with E-state index in [1.165, 1.54) is 17.8 Å². The first-order chi connectivity index (χ1) is 11.3. The van der Waals surface area contributed by atoms with Crippen LogP contribution < -0.4 is 0 Å². The normalized spacial score (nSPS) is 11.7. The van der Waals surface area contributed by atoms with Crippen molar-refractivity contribution in [3.05, 3.63) is 58.4 Å². The van der Waals surface area contributed by atoms with Crippen molar-refractivity contribution >= 4 is 35.0 Å². The molecule has 0 spiro atoms. The van der Waals surface area contributed by atoms with Crippen molar-refractivity contribution in [2.75, 3.05) is 0 Å². The van der Waals surface area contributed by atoms with Crippen LogP contribution in [0.2, 0.25) is 10.0 Å². The minimum absolute atomic E-state index is 0.163. The number of halogens is 5. The van der Waals surface area contributed by atoms with Crippen molar-refractivity contribution in [1.82, 2.24) is 10.1 Å². The third-order valence-corrected chi connectivity index (χ3v) is 4.79. The topological polar surface area (TPSA) is 38.9 Å². The lowest BCUT2D eigenvalue weighted by Crippen LogP contribution is -2.04. The maximum Gasteiger partial charge on any atom is 0.471 e. The quantitative estimate of drug-likeness (QED) is 0.549. The highest BCUT2D eigenvalue weighted by Crippen LogP contribution is 2.39. The predicted molar refractivity (Wildman–Crippen MR) is 84.2 cm³/mol. The minimum atomic E-state index is -4.69. The Labute approximate surface area is 148 Å². The molecule has 0 saturated heterocycles. The monoisotopic (exact) mass is 389 g/mol. The largest absolute Gasteiger partial charge is 0.471 e. The van der Waals surface area contributed by atoms with Crippen LogP contribution in [0.3, 0.4) is 0 Å². The van der Waals surface area contributed by atoms with Gasteiger partial charge in [0, 0.05) is 15.4 Å². The fourth-order valence-electron chi connectivity index (χ4n) is 1.79. The molecule has 3 nitrogen and oxygen atoms in total. The second-order valence-electron chi connectivity index (χ2n) is 4.52. The standard InChI is InChI=1S/C15H6Cl2F3N2OS/c16-10-5-2-6-11(17)12(10)24-9-4-1-3-8(7-9)13-21-14(23-22-13)15(18,19)20/h1-3,5-7H. The van der Waals surface area contributed by atoms with Crippen molar-refractivity contribution < 1.29 is 17.7 Å². The summed E-state index contributed by atoms with van der Waals surface area (Å²) in [6, 6.07) is 12.7. The van der Waals surface area contributed by atoms with Crippen molar-refractivity contribution in [2.45, 2.75) is 16.0 Å². The fraction of sp³-hybridized carbons (Fsp3) is 0.0667. The van der Waals surface area contributed by atoms with Crippen LogP contribution >= 0.6 is 35.0 Å². The van der Waals surface area contributed by atoms with Crippen molar-refractivity contribution in [1.29, 1.82) is 0 Å². The lowest BCUT2D eigenvalue weighted by atomic mass is 10.2. The van der Waals surface area contributed by atoms with Gasteiger partial charge in [0.05, 0.1) is 10.0 Å². The van der Waals surface area contributed by atoms with E-state index in [0.717, 1.165) is 0 Å². The van der Waals surface area contributed by atoms with E-state index < -0.39 is 12.1 Å². The van der Waals surface area contributed by atoms with Gasteiger partial charge in [-0.05, 0) is 24.3 Å². The van der Waals surface area contributed by atoms with E-state index in [0.29, 0.717) is 25.4 Å². The molecule has 0 bridgehead atoms. The Hall–Kier alpha value is -1.70. The molecule has 0 fully saturated rings. The highest BCUT2D eigenvalue weighted by atomic mass is 35.5. The highest BCUT2D eigenvalue weighted by Gasteiger charge is 2.38. The summed E-state index contributed by atoms with van der Waals surface area (Å²) in [5.74, 6) is -1.56. The zero-order chi connectivity index (χ0) is 17.3. The molecule has 9 heteroatoms. The molecule has 0 aliphatic carbocycles. The third-order valence-electron chi connectivity index (χ3n) is 2.83. The van der Waals surface area contributed by atoms with Gasteiger partial charge in [-0.3, -0.25) is 0 Å². The molecule has 2 aromatic carbocycles. The van der Waals surface area contributed by atoms with Gasteiger partial charge in [-0.1, -0.05) is 58.3 Å². The zero-order valence-electron chi connectivity index (χ0n) is 11.6. The Balaban J connectivity index is 1.91. The maximum atomic E-state index is 12.5. The van der Waals surface area contributed by atoms with Crippen LogP contribution in [-0.2, 0) is 6.18 Å². The Morgan fingerprint density at radius 1 is 1.12 bits per heavy atom. The Bertz CT molecular complexity index is 863. The molecule has 0 aliphatic heterocycles. The Morgan fingerprint density at radius 3 is 2.46 bits per heavy atom. The van der Waals surface area contributed by atoms with E-state index in [1.807, 2.05) is 0 Å². The zero-order valence-corrected chi connectivity index (χ0v) is 13.9. The Morgan fingerprint density at radius 2 is 1.83 bits per heavy atom. The maximum absolute atomic E-state index is 12.5. The van der Waals surface area contributed by atoms with Crippen LogP contribution in [0, 0.1) is 6.07 Å². The van der Waals surface area contributed by atoms with Gasteiger partial charge in [-0.2, -0.15) is 18.2 Å². The van der Waals surface area contributed by atoms with Gasteiger partial charge in [0.1, 0.15) is 0 Å². The summed E-state index contributed by atoms with van der Waals surface area (Å²) in [6.45, 7) is 0. The number of alkyl halides is 3. The van der Waals surface area contributed by atoms with E-state index >= 15 is 0 Å². The number of benzene rings is 2. The highest BCUT2D eigenvalue weighted by molar-refractivity contribution is 7.99. The summed E-state index contributed by atoms with van der Waals surface area (Å²) in [4.78, 5) is 4.58. The van der Waals surface area contributed by atoms with Crippen molar-refractivity contribution in [2.24, 2.45) is 0 Å². The van der Waals surface area contributed by atoms with Gasteiger partial charge in [-0.25, -0.2) is 0 Å². The summed E-state index contributed by atoms with van der Waals surface area (Å²) in [6.07, 6.45) is -4.69. The van der Waals surface area contributed by atoms with Gasteiger partial charge < -0.3 is 4.52 Å². The molecule has 0 N–H and O–H groups in total. The summed E-state index contributed by atoms with van der Waals surface area (Å²) in [5.41, 5.74) is 0.360.